The molecule has 2 heteroatoms. The summed E-state index contributed by atoms with van der Waals surface area (Å²) < 4.78 is 0. The lowest BCUT2D eigenvalue weighted by atomic mass is 10.5. The third kappa shape index (κ3) is 5.11. The van der Waals surface area contributed by atoms with Gasteiger partial charge in [0, 0.05) is 12.7 Å². The molecule has 0 atom stereocenters. The van der Waals surface area contributed by atoms with Crippen LogP contribution in [0.4, 0.5) is 0 Å². The van der Waals surface area contributed by atoms with Gasteiger partial charge < -0.3 is 5.73 Å². The maximum Gasteiger partial charge on any atom is 0.0260 e. The highest BCUT2D eigenvalue weighted by atomic mass is 14.6. The van der Waals surface area contributed by atoms with Crippen molar-refractivity contribution >= 4 is 6.72 Å². The summed E-state index contributed by atoms with van der Waals surface area (Å²) in [4.78, 5) is 3.48. The lowest BCUT2D eigenvalue weighted by Gasteiger charge is -1.72. The molecule has 0 aromatic carbocycles. The summed E-state index contributed by atoms with van der Waals surface area (Å²) in [5.74, 6) is 0. The highest BCUT2D eigenvalue weighted by Crippen LogP contribution is 1.74. The van der Waals surface area contributed by atoms with Crippen molar-refractivity contribution in [3.05, 3.63) is 24.4 Å². The highest BCUT2D eigenvalue weighted by molar-refractivity contribution is 5.26. The van der Waals surface area contributed by atoms with E-state index >= 15 is 0 Å². The molecule has 0 saturated heterocycles. The Morgan fingerprint density at radius 2 is 2.25 bits per heavy atom. The third-order valence-corrected chi connectivity index (χ3v) is 0.575. The van der Waals surface area contributed by atoms with Crippen molar-refractivity contribution in [3.8, 4) is 0 Å². The van der Waals surface area contributed by atoms with Gasteiger partial charge in [0.1, 0.15) is 0 Å². The fraction of sp³-hybridized carbons (Fsp3) is 0.167. The minimum atomic E-state index is 0.571. The van der Waals surface area contributed by atoms with Gasteiger partial charge in [0.2, 0.25) is 0 Å². The van der Waals surface area contributed by atoms with E-state index in [1.807, 2.05) is 12.2 Å². The van der Waals surface area contributed by atoms with E-state index in [4.69, 9.17) is 5.73 Å². The first-order valence-corrected chi connectivity index (χ1v) is 2.39. The second-order valence-corrected chi connectivity index (χ2v) is 1.19. The minimum absolute atomic E-state index is 0.571. The van der Waals surface area contributed by atoms with Crippen molar-refractivity contribution < 1.29 is 0 Å². The Labute approximate surface area is 49.4 Å². The van der Waals surface area contributed by atoms with Gasteiger partial charge in [0.05, 0.1) is 0 Å². The van der Waals surface area contributed by atoms with Gasteiger partial charge in [0.15, 0.2) is 0 Å². The molecule has 0 aliphatic carbocycles. The van der Waals surface area contributed by atoms with Crippen molar-refractivity contribution in [2.24, 2.45) is 10.7 Å². The number of hydrogen-bond acceptors (Lipinski definition) is 2. The van der Waals surface area contributed by atoms with Crippen LogP contribution in [0.3, 0.4) is 0 Å². The van der Waals surface area contributed by atoms with E-state index in [0.29, 0.717) is 6.54 Å². The SMILES string of the molecule is C=N/C=C\C=C\CN. The molecular weight excluding hydrogens is 100 g/mol. The largest absolute Gasteiger partial charge is 0.327 e. The van der Waals surface area contributed by atoms with Crippen LogP contribution in [0, 0.1) is 0 Å². The fourth-order valence-corrected chi connectivity index (χ4v) is 0.268. The molecule has 0 bridgehead atoms. The van der Waals surface area contributed by atoms with Crippen molar-refractivity contribution in [2.75, 3.05) is 6.54 Å². The topological polar surface area (TPSA) is 38.4 Å². The molecule has 0 fully saturated rings. The molecule has 44 valence electrons. The van der Waals surface area contributed by atoms with E-state index in [1.165, 1.54) is 0 Å². The Bertz CT molecular complexity index is 103. The Kier molecular flexibility index (Phi) is 5.43. The van der Waals surface area contributed by atoms with E-state index in [9.17, 15) is 0 Å². The normalized spacial score (nSPS) is 11.1. The van der Waals surface area contributed by atoms with Crippen molar-refractivity contribution in [2.45, 2.75) is 0 Å². The van der Waals surface area contributed by atoms with Gasteiger partial charge in [-0.2, -0.15) is 0 Å². The summed E-state index contributed by atoms with van der Waals surface area (Å²) in [6.07, 6.45) is 7.04. The number of aliphatic imine (C=N–C) groups is 1. The molecule has 2 N–H and O–H groups in total. The second kappa shape index (κ2) is 6.11. The summed E-state index contributed by atoms with van der Waals surface area (Å²) in [5.41, 5.74) is 5.14. The third-order valence-electron chi connectivity index (χ3n) is 0.575. The Balaban J connectivity index is 3.26. The zero-order valence-corrected chi connectivity index (χ0v) is 4.75. The first kappa shape index (κ1) is 7.11. The van der Waals surface area contributed by atoms with Gasteiger partial charge in [-0.15, -0.1) is 0 Å². The van der Waals surface area contributed by atoms with Crippen molar-refractivity contribution in [1.29, 1.82) is 0 Å². The van der Waals surface area contributed by atoms with Crippen LogP contribution in [0.1, 0.15) is 0 Å². The predicted molar refractivity (Wildman–Crippen MR) is 36.9 cm³/mol. The number of rotatable bonds is 3. The Morgan fingerprint density at radius 1 is 1.50 bits per heavy atom. The molecule has 0 aromatic heterocycles. The fourth-order valence-electron chi connectivity index (χ4n) is 0.268. The molecule has 0 heterocycles. The van der Waals surface area contributed by atoms with Gasteiger partial charge in [-0.25, -0.2) is 0 Å². The zero-order valence-electron chi connectivity index (χ0n) is 4.75. The molecular formula is C6H10N2. The number of nitrogens with two attached hydrogens (primary N) is 1. The maximum atomic E-state index is 5.14. The lowest BCUT2D eigenvalue weighted by molar-refractivity contribution is 1.25. The van der Waals surface area contributed by atoms with Gasteiger partial charge >= 0.3 is 0 Å². The molecule has 0 saturated carbocycles. The van der Waals surface area contributed by atoms with E-state index in [-0.39, 0.29) is 0 Å². The molecule has 0 unspecified atom stereocenters. The van der Waals surface area contributed by atoms with E-state index in [1.54, 1.807) is 12.3 Å². The van der Waals surface area contributed by atoms with E-state index in [0.717, 1.165) is 0 Å². The van der Waals surface area contributed by atoms with E-state index < -0.39 is 0 Å². The Morgan fingerprint density at radius 3 is 2.75 bits per heavy atom. The monoisotopic (exact) mass is 110 g/mol. The number of allylic oxidation sites excluding steroid dienone is 2. The van der Waals surface area contributed by atoms with Crippen LogP contribution in [0.2, 0.25) is 0 Å². The molecule has 0 amide bonds. The molecule has 2 nitrogen and oxygen atoms in total. The van der Waals surface area contributed by atoms with Gasteiger partial charge in [-0.05, 0) is 12.8 Å². The molecule has 8 heavy (non-hydrogen) atoms. The standard InChI is InChI=1S/C6H10N2/c1-8-6-4-2-3-5-7/h2-4,6H,1,5,7H2/b3-2+,6-4-. The summed E-state index contributed by atoms with van der Waals surface area (Å²) in [6, 6.07) is 0. The van der Waals surface area contributed by atoms with Crippen LogP contribution >= 0.6 is 0 Å². The van der Waals surface area contributed by atoms with Gasteiger partial charge in [0.25, 0.3) is 0 Å². The molecule has 0 aliphatic rings. The van der Waals surface area contributed by atoms with Crippen LogP contribution in [0.25, 0.3) is 0 Å². The average Bonchev–Trinajstić information content (AvgIpc) is 1.81. The summed E-state index contributed by atoms with van der Waals surface area (Å²) in [6.45, 7) is 3.83. The Hall–Kier alpha value is -0.890. The molecule has 0 aromatic rings. The highest BCUT2D eigenvalue weighted by Gasteiger charge is 1.59. The second-order valence-electron chi connectivity index (χ2n) is 1.19. The van der Waals surface area contributed by atoms with Gasteiger partial charge in [-0.3, -0.25) is 4.99 Å². The summed E-state index contributed by atoms with van der Waals surface area (Å²) in [7, 11) is 0. The average molecular weight is 110 g/mol. The zero-order chi connectivity index (χ0) is 6.24. The number of nitrogens with zero attached hydrogens (tertiary/aromatic N) is 1. The van der Waals surface area contributed by atoms with Gasteiger partial charge in [-0.1, -0.05) is 12.2 Å². The van der Waals surface area contributed by atoms with Crippen molar-refractivity contribution in [1.82, 2.24) is 0 Å². The maximum absolute atomic E-state index is 5.14. The first-order chi connectivity index (χ1) is 3.91. The lowest BCUT2D eigenvalue weighted by Crippen LogP contribution is -1.91. The summed E-state index contributed by atoms with van der Waals surface area (Å²) in [5, 5.41) is 0. The quantitative estimate of drug-likeness (QED) is 0.422. The molecule has 0 radical (unpaired) electrons. The predicted octanol–water partition coefficient (Wildman–Crippen LogP) is 0.716. The van der Waals surface area contributed by atoms with Crippen LogP contribution < -0.4 is 5.73 Å². The van der Waals surface area contributed by atoms with Crippen LogP contribution in [0.5, 0.6) is 0 Å². The molecule has 0 rings (SSSR count). The van der Waals surface area contributed by atoms with Crippen LogP contribution in [-0.2, 0) is 0 Å². The van der Waals surface area contributed by atoms with E-state index in [2.05, 4.69) is 11.7 Å². The minimum Gasteiger partial charge on any atom is -0.327 e. The first-order valence-electron chi connectivity index (χ1n) is 2.39. The summed E-state index contributed by atoms with van der Waals surface area (Å²) >= 11 is 0. The smallest absolute Gasteiger partial charge is 0.0260 e. The van der Waals surface area contributed by atoms with Crippen LogP contribution in [0.15, 0.2) is 29.4 Å². The molecule has 0 spiro atoms. The van der Waals surface area contributed by atoms with Crippen LogP contribution in [-0.4, -0.2) is 13.3 Å². The molecule has 0 aliphatic heterocycles. The van der Waals surface area contributed by atoms with Crippen molar-refractivity contribution in [3.63, 3.8) is 0 Å². The number of hydrogen-bond donors (Lipinski definition) is 1.